The van der Waals surface area contributed by atoms with Gasteiger partial charge in [0.05, 0.1) is 5.69 Å². The van der Waals surface area contributed by atoms with Crippen molar-refractivity contribution in [1.82, 2.24) is 0 Å². The van der Waals surface area contributed by atoms with Crippen LogP contribution in [0.3, 0.4) is 0 Å². The van der Waals surface area contributed by atoms with Gasteiger partial charge in [0.1, 0.15) is 0 Å². The lowest BCUT2D eigenvalue weighted by Gasteiger charge is -2.31. The molecule has 10 rings (SSSR count). The molecular weight excluding hydrogens is 639 g/mol. The quantitative estimate of drug-likeness (QED) is 0.174. The highest BCUT2D eigenvalue weighted by Crippen LogP contribution is 2.54. The zero-order valence-electron chi connectivity index (χ0n) is 31.4. The van der Waals surface area contributed by atoms with Crippen molar-refractivity contribution in [3.63, 3.8) is 0 Å². The van der Waals surface area contributed by atoms with E-state index in [9.17, 15) is 0 Å². The Labute approximate surface area is 315 Å². The molecule has 0 saturated heterocycles. The third-order valence-corrected chi connectivity index (χ3v) is 13.1. The zero-order chi connectivity index (χ0) is 35.9. The molecule has 7 aromatic rings. The predicted molar refractivity (Wildman–Crippen MR) is 225 cm³/mol. The van der Waals surface area contributed by atoms with Crippen LogP contribution in [0.1, 0.15) is 93.5 Å². The van der Waals surface area contributed by atoms with E-state index in [-0.39, 0.29) is 10.8 Å². The summed E-state index contributed by atoms with van der Waals surface area (Å²) < 4.78 is 0. The highest BCUT2D eigenvalue weighted by atomic mass is 15.1. The van der Waals surface area contributed by atoms with Crippen LogP contribution >= 0.6 is 0 Å². The SMILES string of the molecule is CC1(C)c2ccccc2-c2cc(N(c3ccc(C4CCCCC4)cc3)c3ccc4ccccc4c3-c3ccc4c(c3)C(C)(C)c3ccccc3-4)ccc21. The summed E-state index contributed by atoms with van der Waals surface area (Å²) in [5.74, 6) is 0.667. The van der Waals surface area contributed by atoms with Gasteiger partial charge in [-0.05, 0) is 122 Å². The minimum absolute atomic E-state index is 0.0418. The van der Waals surface area contributed by atoms with Gasteiger partial charge in [-0.1, -0.05) is 156 Å². The number of nitrogens with zero attached hydrogens (tertiary/aromatic N) is 1. The van der Waals surface area contributed by atoms with Crippen LogP contribution in [0, 0.1) is 0 Å². The zero-order valence-corrected chi connectivity index (χ0v) is 31.4. The molecule has 1 saturated carbocycles. The number of rotatable bonds is 5. The summed E-state index contributed by atoms with van der Waals surface area (Å²) in [4.78, 5) is 2.54. The fourth-order valence-corrected chi connectivity index (χ4v) is 10.2. The molecule has 0 aromatic heterocycles. The van der Waals surface area contributed by atoms with E-state index >= 15 is 0 Å². The van der Waals surface area contributed by atoms with Crippen molar-refractivity contribution >= 4 is 27.8 Å². The lowest BCUT2D eigenvalue weighted by atomic mass is 9.81. The first-order valence-corrected chi connectivity index (χ1v) is 19.7. The van der Waals surface area contributed by atoms with E-state index in [4.69, 9.17) is 0 Å². The molecular formula is C52H47N. The van der Waals surface area contributed by atoms with Gasteiger partial charge in [0.2, 0.25) is 0 Å². The molecule has 0 radical (unpaired) electrons. The van der Waals surface area contributed by atoms with Crippen LogP contribution in [-0.2, 0) is 10.8 Å². The summed E-state index contributed by atoms with van der Waals surface area (Å²) in [6.45, 7) is 9.51. The smallest absolute Gasteiger partial charge is 0.0546 e. The first kappa shape index (κ1) is 32.3. The molecule has 53 heavy (non-hydrogen) atoms. The fourth-order valence-electron chi connectivity index (χ4n) is 10.2. The van der Waals surface area contributed by atoms with Crippen LogP contribution in [0.2, 0.25) is 0 Å². The van der Waals surface area contributed by atoms with E-state index in [1.165, 1.54) is 121 Å². The van der Waals surface area contributed by atoms with Gasteiger partial charge in [0, 0.05) is 27.8 Å². The summed E-state index contributed by atoms with van der Waals surface area (Å²) in [5.41, 5.74) is 18.5. The van der Waals surface area contributed by atoms with E-state index < -0.39 is 0 Å². The summed E-state index contributed by atoms with van der Waals surface area (Å²) in [6, 6.07) is 55.6. The third kappa shape index (κ3) is 4.97. The van der Waals surface area contributed by atoms with Crippen LogP contribution in [-0.4, -0.2) is 0 Å². The minimum Gasteiger partial charge on any atom is -0.310 e. The Morgan fingerprint density at radius 1 is 0.472 bits per heavy atom. The highest BCUT2D eigenvalue weighted by Gasteiger charge is 2.37. The molecule has 1 fully saturated rings. The normalized spacial score (nSPS) is 16.5. The maximum absolute atomic E-state index is 2.54. The lowest BCUT2D eigenvalue weighted by molar-refractivity contribution is 0.443. The molecule has 0 bridgehead atoms. The predicted octanol–water partition coefficient (Wildman–Crippen LogP) is 14.6. The third-order valence-electron chi connectivity index (χ3n) is 13.1. The number of benzene rings is 7. The minimum atomic E-state index is -0.0818. The molecule has 7 aromatic carbocycles. The molecule has 3 aliphatic rings. The molecule has 3 aliphatic carbocycles. The van der Waals surface area contributed by atoms with Crippen molar-refractivity contribution in [2.24, 2.45) is 0 Å². The number of anilines is 3. The van der Waals surface area contributed by atoms with Gasteiger partial charge in [0.15, 0.2) is 0 Å². The summed E-state index contributed by atoms with van der Waals surface area (Å²) >= 11 is 0. The average Bonchev–Trinajstić information content (AvgIpc) is 3.57. The maximum Gasteiger partial charge on any atom is 0.0546 e. The molecule has 1 nitrogen and oxygen atoms in total. The van der Waals surface area contributed by atoms with Crippen LogP contribution in [0.25, 0.3) is 44.2 Å². The van der Waals surface area contributed by atoms with Crippen molar-refractivity contribution in [3.8, 4) is 33.4 Å². The van der Waals surface area contributed by atoms with Crippen molar-refractivity contribution in [3.05, 3.63) is 173 Å². The topological polar surface area (TPSA) is 3.24 Å². The Morgan fingerprint density at radius 2 is 1.08 bits per heavy atom. The maximum atomic E-state index is 2.54. The largest absolute Gasteiger partial charge is 0.310 e. The molecule has 0 heterocycles. The van der Waals surface area contributed by atoms with Crippen molar-refractivity contribution in [2.45, 2.75) is 76.5 Å². The van der Waals surface area contributed by atoms with Gasteiger partial charge >= 0.3 is 0 Å². The van der Waals surface area contributed by atoms with E-state index in [0.29, 0.717) is 5.92 Å². The second kappa shape index (κ2) is 12.1. The van der Waals surface area contributed by atoms with Crippen molar-refractivity contribution in [2.75, 3.05) is 4.90 Å². The monoisotopic (exact) mass is 685 g/mol. The van der Waals surface area contributed by atoms with E-state index in [1.807, 2.05) is 0 Å². The summed E-state index contributed by atoms with van der Waals surface area (Å²) in [6.07, 6.45) is 6.66. The lowest BCUT2D eigenvalue weighted by Crippen LogP contribution is -2.16. The number of hydrogen-bond acceptors (Lipinski definition) is 1. The summed E-state index contributed by atoms with van der Waals surface area (Å²) in [5, 5.41) is 2.53. The Balaban J connectivity index is 1.20. The molecule has 260 valence electrons. The first-order valence-electron chi connectivity index (χ1n) is 19.7. The van der Waals surface area contributed by atoms with Gasteiger partial charge in [-0.25, -0.2) is 0 Å². The second-order valence-electron chi connectivity index (χ2n) is 16.8. The van der Waals surface area contributed by atoms with Crippen LogP contribution in [0.5, 0.6) is 0 Å². The Morgan fingerprint density at radius 3 is 1.83 bits per heavy atom. The Kier molecular flexibility index (Phi) is 7.35. The van der Waals surface area contributed by atoms with Crippen molar-refractivity contribution < 1.29 is 0 Å². The van der Waals surface area contributed by atoms with Crippen LogP contribution in [0.4, 0.5) is 17.1 Å². The van der Waals surface area contributed by atoms with Gasteiger partial charge < -0.3 is 4.90 Å². The van der Waals surface area contributed by atoms with Gasteiger partial charge in [-0.2, -0.15) is 0 Å². The Bertz CT molecular complexity index is 2540. The molecule has 0 atom stereocenters. The molecule has 0 aliphatic heterocycles. The van der Waals surface area contributed by atoms with E-state index in [2.05, 4.69) is 178 Å². The second-order valence-corrected chi connectivity index (χ2v) is 16.8. The summed E-state index contributed by atoms with van der Waals surface area (Å²) in [7, 11) is 0. The van der Waals surface area contributed by atoms with Gasteiger partial charge in [0.25, 0.3) is 0 Å². The molecule has 0 N–H and O–H groups in total. The van der Waals surface area contributed by atoms with E-state index in [1.54, 1.807) is 0 Å². The fraction of sp³-hybridized carbons (Fsp3) is 0.231. The molecule has 0 unspecified atom stereocenters. The number of hydrogen-bond donors (Lipinski definition) is 0. The van der Waals surface area contributed by atoms with Crippen LogP contribution in [0.15, 0.2) is 146 Å². The van der Waals surface area contributed by atoms with Crippen LogP contribution < -0.4 is 4.90 Å². The number of fused-ring (bicyclic) bond motifs is 7. The standard InChI is InChI=1S/C52H47N/c1-51(2)46-21-13-11-19-42(46)44-33-39(28-30-47(44)51)53(38-26-22-35(23-27-38)34-14-6-5-7-15-34)49-31-25-36-16-8-9-17-40(36)50(49)37-24-29-43-41-18-10-12-20-45(41)52(3,4)48(43)32-37/h8-13,16-34H,5-7,14-15H2,1-4H3. The Hall–Kier alpha value is -5.40. The molecule has 0 spiro atoms. The highest BCUT2D eigenvalue weighted by molar-refractivity contribution is 6.06. The van der Waals surface area contributed by atoms with Gasteiger partial charge in [-0.15, -0.1) is 0 Å². The van der Waals surface area contributed by atoms with Crippen molar-refractivity contribution in [1.29, 1.82) is 0 Å². The molecule has 1 heteroatoms. The first-order chi connectivity index (χ1) is 25.8. The average molecular weight is 686 g/mol. The van der Waals surface area contributed by atoms with Gasteiger partial charge in [-0.3, -0.25) is 0 Å². The van der Waals surface area contributed by atoms with E-state index in [0.717, 1.165) is 0 Å². The molecule has 0 amide bonds.